The van der Waals surface area contributed by atoms with E-state index in [1.54, 1.807) is 6.26 Å². The van der Waals surface area contributed by atoms with Gasteiger partial charge in [-0.05, 0) is 56.1 Å². The topological polar surface area (TPSA) is 69.9 Å². The third kappa shape index (κ3) is 5.92. The number of carbonyl (C=O) groups excluding carboxylic acids is 1. The van der Waals surface area contributed by atoms with Gasteiger partial charge in [0.05, 0.1) is 6.26 Å². The van der Waals surface area contributed by atoms with Crippen LogP contribution in [0.1, 0.15) is 58.1 Å². The van der Waals surface area contributed by atoms with E-state index in [0.29, 0.717) is 18.6 Å². The van der Waals surface area contributed by atoms with Crippen molar-refractivity contribution in [3.63, 3.8) is 0 Å². The Labute approximate surface area is 197 Å². The van der Waals surface area contributed by atoms with E-state index in [0.717, 1.165) is 55.9 Å². The molecule has 1 saturated heterocycles. The number of amides is 1. The molecule has 2 heterocycles. The number of guanidine groups is 1. The number of furan rings is 1. The lowest BCUT2D eigenvalue weighted by Crippen LogP contribution is -2.52. The number of halogens is 1. The first kappa shape index (κ1) is 23.4. The molecule has 6 nitrogen and oxygen atoms in total. The Morgan fingerprint density at radius 1 is 1.20 bits per heavy atom. The second kappa shape index (κ2) is 10.9. The molecule has 3 unspecified atom stereocenters. The Hall–Kier alpha value is -1.25. The van der Waals surface area contributed by atoms with E-state index in [4.69, 9.17) is 9.41 Å². The summed E-state index contributed by atoms with van der Waals surface area (Å²) in [4.78, 5) is 19.1. The maximum Gasteiger partial charge on any atom is 0.225 e. The highest BCUT2D eigenvalue weighted by Gasteiger charge is 2.40. The van der Waals surface area contributed by atoms with Crippen LogP contribution in [-0.4, -0.2) is 48.5 Å². The van der Waals surface area contributed by atoms with Gasteiger partial charge < -0.3 is 20.0 Å². The van der Waals surface area contributed by atoms with Crippen LogP contribution in [0.5, 0.6) is 0 Å². The van der Waals surface area contributed by atoms with Crippen LogP contribution >= 0.6 is 24.0 Å². The summed E-state index contributed by atoms with van der Waals surface area (Å²) in [6.07, 6.45) is 9.93. The smallest absolute Gasteiger partial charge is 0.225 e. The van der Waals surface area contributed by atoms with Crippen molar-refractivity contribution in [2.75, 3.05) is 19.6 Å². The van der Waals surface area contributed by atoms with Gasteiger partial charge in [0.15, 0.2) is 5.96 Å². The molecule has 3 atom stereocenters. The molecule has 1 aliphatic heterocycles. The molecule has 1 aromatic heterocycles. The molecule has 1 amide bonds. The molecule has 2 N–H and O–H groups in total. The minimum absolute atomic E-state index is 0. The summed E-state index contributed by atoms with van der Waals surface area (Å²) in [5.41, 5.74) is 0. The number of carbonyl (C=O) groups is 1. The van der Waals surface area contributed by atoms with Gasteiger partial charge in [-0.3, -0.25) is 9.79 Å². The zero-order chi connectivity index (χ0) is 20.2. The van der Waals surface area contributed by atoms with Crippen molar-refractivity contribution in [1.29, 1.82) is 0 Å². The Bertz CT molecular complexity index is 698. The molecule has 3 aliphatic rings. The number of hydrogen-bond donors (Lipinski definition) is 2. The number of piperidine rings is 1. The van der Waals surface area contributed by atoms with Gasteiger partial charge in [0.25, 0.3) is 0 Å². The zero-order valence-corrected chi connectivity index (χ0v) is 20.6. The first-order valence-electron chi connectivity index (χ1n) is 11.5. The fraction of sp³-hybridized carbons (Fsp3) is 0.739. The van der Waals surface area contributed by atoms with E-state index in [9.17, 15) is 4.79 Å². The molecule has 30 heavy (non-hydrogen) atoms. The van der Waals surface area contributed by atoms with Crippen molar-refractivity contribution in [3.8, 4) is 0 Å². The lowest BCUT2D eigenvalue weighted by Gasteiger charge is -2.35. The number of likely N-dealkylation sites (tertiary alicyclic amines) is 1. The second-order valence-electron chi connectivity index (χ2n) is 9.38. The van der Waals surface area contributed by atoms with Gasteiger partial charge in [0.1, 0.15) is 5.76 Å². The molecule has 0 spiro atoms. The third-order valence-electron chi connectivity index (χ3n) is 6.91. The van der Waals surface area contributed by atoms with Crippen LogP contribution in [-0.2, 0) is 11.2 Å². The molecule has 4 rings (SSSR count). The Morgan fingerprint density at radius 3 is 2.60 bits per heavy atom. The first-order valence-corrected chi connectivity index (χ1v) is 11.5. The van der Waals surface area contributed by atoms with Crippen molar-refractivity contribution >= 4 is 35.8 Å². The number of aliphatic imine (C=N–C) groups is 1. The van der Waals surface area contributed by atoms with Gasteiger partial charge in [0.2, 0.25) is 5.91 Å². The number of hydrogen-bond acceptors (Lipinski definition) is 3. The van der Waals surface area contributed by atoms with Crippen LogP contribution < -0.4 is 10.6 Å². The molecule has 1 aromatic rings. The fourth-order valence-corrected chi connectivity index (χ4v) is 5.27. The summed E-state index contributed by atoms with van der Waals surface area (Å²) in [6, 6.07) is 4.87. The summed E-state index contributed by atoms with van der Waals surface area (Å²) >= 11 is 0. The van der Waals surface area contributed by atoms with Crippen LogP contribution in [0.15, 0.2) is 27.8 Å². The summed E-state index contributed by atoms with van der Waals surface area (Å²) < 4.78 is 5.44. The molecule has 2 saturated carbocycles. The molecule has 7 heteroatoms. The summed E-state index contributed by atoms with van der Waals surface area (Å²) in [6.45, 7) is 6.35. The van der Waals surface area contributed by atoms with Crippen LogP contribution in [0.25, 0.3) is 0 Å². The van der Waals surface area contributed by atoms with Crippen LogP contribution in [0.2, 0.25) is 0 Å². The van der Waals surface area contributed by atoms with Gasteiger partial charge in [0, 0.05) is 44.1 Å². The zero-order valence-electron chi connectivity index (χ0n) is 18.3. The molecule has 168 valence electrons. The van der Waals surface area contributed by atoms with Crippen molar-refractivity contribution in [2.24, 2.45) is 22.7 Å². The SMILES string of the molecule is CC(C)C(=O)N1CCC(NC(=NCCc2ccco2)NC2CC3CCC2C3)CC1.I. The molecule has 0 aromatic carbocycles. The monoisotopic (exact) mass is 528 g/mol. The highest BCUT2D eigenvalue weighted by atomic mass is 127. The van der Waals surface area contributed by atoms with Gasteiger partial charge >= 0.3 is 0 Å². The van der Waals surface area contributed by atoms with Crippen LogP contribution in [0.4, 0.5) is 0 Å². The maximum atomic E-state index is 12.2. The van der Waals surface area contributed by atoms with Gasteiger partial charge in [-0.1, -0.05) is 20.3 Å². The predicted molar refractivity (Wildman–Crippen MR) is 130 cm³/mol. The van der Waals surface area contributed by atoms with E-state index < -0.39 is 0 Å². The minimum Gasteiger partial charge on any atom is -0.469 e. The van der Waals surface area contributed by atoms with Gasteiger partial charge in [-0.15, -0.1) is 24.0 Å². The lowest BCUT2D eigenvalue weighted by atomic mass is 9.95. The lowest BCUT2D eigenvalue weighted by molar-refractivity contribution is -0.135. The Morgan fingerprint density at radius 2 is 2.00 bits per heavy atom. The normalized spacial score (nSPS) is 26.7. The van der Waals surface area contributed by atoms with Crippen molar-refractivity contribution in [1.82, 2.24) is 15.5 Å². The largest absolute Gasteiger partial charge is 0.469 e. The van der Waals surface area contributed by atoms with E-state index in [-0.39, 0.29) is 35.8 Å². The van der Waals surface area contributed by atoms with Crippen molar-refractivity contribution in [2.45, 2.75) is 70.9 Å². The molecule has 2 bridgehead atoms. The standard InChI is InChI=1S/C23H36N4O2.HI/c1-16(2)22(28)27-11-8-19(9-12-27)25-23(24-10-7-20-4-3-13-29-20)26-21-15-17-5-6-18(21)14-17;/h3-4,13,16-19,21H,5-12,14-15H2,1-2H3,(H2,24,25,26);1H. The summed E-state index contributed by atoms with van der Waals surface area (Å²) in [5, 5.41) is 7.44. The van der Waals surface area contributed by atoms with Crippen LogP contribution in [0, 0.1) is 17.8 Å². The van der Waals surface area contributed by atoms with Gasteiger partial charge in [-0.25, -0.2) is 0 Å². The van der Waals surface area contributed by atoms with Crippen LogP contribution in [0.3, 0.4) is 0 Å². The van der Waals surface area contributed by atoms with E-state index in [1.165, 1.54) is 25.7 Å². The third-order valence-corrected chi connectivity index (χ3v) is 6.91. The Balaban J connectivity index is 0.00000256. The number of nitrogens with zero attached hydrogens (tertiary/aromatic N) is 2. The predicted octanol–water partition coefficient (Wildman–Crippen LogP) is 3.81. The number of nitrogens with one attached hydrogen (secondary N) is 2. The highest BCUT2D eigenvalue weighted by molar-refractivity contribution is 14.0. The highest BCUT2D eigenvalue weighted by Crippen LogP contribution is 2.44. The summed E-state index contributed by atoms with van der Waals surface area (Å²) in [5.74, 6) is 4.00. The summed E-state index contributed by atoms with van der Waals surface area (Å²) in [7, 11) is 0. The maximum absolute atomic E-state index is 12.2. The molecule has 2 aliphatic carbocycles. The Kier molecular flexibility index (Phi) is 8.48. The molecule has 0 radical (unpaired) electrons. The first-order chi connectivity index (χ1) is 14.1. The molecular weight excluding hydrogens is 491 g/mol. The van der Waals surface area contributed by atoms with Gasteiger partial charge in [-0.2, -0.15) is 0 Å². The van der Waals surface area contributed by atoms with E-state index in [2.05, 4.69) is 10.6 Å². The van der Waals surface area contributed by atoms with E-state index in [1.807, 2.05) is 30.9 Å². The fourth-order valence-electron chi connectivity index (χ4n) is 5.27. The average molecular weight is 528 g/mol. The minimum atomic E-state index is 0. The second-order valence-corrected chi connectivity index (χ2v) is 9.38. The quantitative estimate of drug-likeness (QED) is 0.335. The molecular formula is C23H37IN4O2. The molecule has 3 fully saturated rings. The number of rotatable bonds is 6. The van der Waals surface area contributed by atoms with Crippen molar-refractivity contribution < 1.29 is 9.21 Å². The van der Waals surface area contributed by atoms with Crippen molar-refractivity contribution in [3.05, 3.63) is 24.2 Å². The van der Waals surface area contributed by atoms with E-state index >= 15 is 0 Å². The average Bonchev–Trinajstić information content (AvgIpc) is 3.46. The number of fused-ring (bicyclic) bond motifs is 2.